The van der Waals surface area contributed by atoms with Crippen LogP contribution in [0.25, 0.3) is 0 Å². The molecule has 0 saturated heterocycles. The molecule has 0 saturated carbocycles. The fourth-order valence-electron chi connectivity index (χ4n) is 3.85. The molecule has 0 unspecified atom stereocenters. The van der Waals surface area contributed by atoms with Gasteiger partial charge in [-0.3, -0.25) is 0 Å². The van der Waals surface area contributed by atoms with Crippen LogP contribution in [0.5, 0.6) is 0 Å². The molecule has 4 heteroatoms. The molecule has 0 spiro atoms. The van der Waals surface area contributed by atoms with Crippen LogP contribution in [0.2, 0.25) is 0 Å². The topological polar surface area (TPSA) is 52.6 Å². The van der Waals surface area contributed by atoms with Crippen LogP contribution in [0.1, 0.15) is 143 Å². The molecule has 0 heterocycles. The Morgan fingerprint density at radius 2 is 0.844 bits per heavy atom. The predicted octanol–water partition coefficient (Wildman–Crippen LogP) is 8.47. The van der Waals surface area contributed by atoms with E-state index in [4.69, 9.17) is 9.47 Å². The minimum Gasteiger partial charge on any atom is -0.462 e. The molecule has 0 aromatic heterocycles. The summed E-state index contributed by atoms with van der Waals surface area (Å²) >= 11 is 0. The molecular weight excluding hydrogens is 400 g/mol. The summed E-state index contributed by atoms with van der Waals surface area (Å²) in [7, 11) is 0. The number of carbonyl (C=O) groups is 2. The molecule has 32 heavy (non-hydrogen) atoms. The Bertz CT molecular complexity index is 496. The van der Waals surface area contributed by atoms with Gasteiger partial charge >= 0.3 is 11.9 Å². The molecule has 0 aromatic carbocycles. The molecule has 0 rings (SSSR count). The first-order valence-electron chi connectivity index (χ1n) is 13.7. The molecule has 0 aliphatic rings. The van der Waals surface area contributed by atoms with E-state index in [0.29, 0.717) is 37.2 Å². The largest absolute Gasteiger partial charge is 0.462 e. The third kappa shape index (κ3) is 16.3. The lowest BCUT2D eigenvalue weighted by molar-refractivity contribution is -0.142. The molecule has 0 aliphatic heterocycles. The highest BCUT2D eigenvalue weighted by Gasteiger charge is 2.22. The number of unbranched alkanes of at least 4 members (excludes halogenated alkanes) is 13. The Morgan fingerprint density at radius 1 is 0.469 bits per heavy atom. The van der Waals surface area contributed by atoms with Gasteiger partial charge < -0.3 is 9.47 Å². The second kappa shape index (κ2) is 22.9. The molecule has 0 aliphatic carbocycles. The monoisotopic (exact) mass is 452 g/mol. The molecule has 0 fully saturated rings. The highest BCUT2D eigenvalue weighted by Crippen LogP contribution is 2.20. The molecule has 4 nitrogen and oxygen atoms in total. The Balaban J connectivity index is 4.74. The van der Waals surface area contributed by atoms with E-state index in [1.807, 2.05) is 6.92 Å². The fraction of sp³-hybridized carbons (Fsp3) is 0.857. The van der Waals surface area contributed by atoms with Gasteiger partial charge in [0.25, 0.3) is 0 Å². The van der Waals surface area contributed by atoms with Crippen molar-refractivity contribution in [2.75, 3.05) is 13.2 Å². The van der Waals surface area contributed by atoms with Crippen molar-refractivity contribution in [1.82, 2.24) is 0 Å². The van der Waals surface area contributed by atoms with Crippen molar-refractivity contribution < 1.29 is 19.1 Å². The molecule has 0 N–H and O–H groups in total. The van der Waals surface area contributed by atoms with Gasteiger partial charge in [-0.1, -0.05) is 111 Å². The van der Waals surface area contributed by atoms with Gasteiger partial charge in [-0.25, -0.2) is 9.59 Å². The zero-order valence-corrected chi connectivity index (χ0v) is 21.8. The molecular formula is C28H52O4. The first kappa shape index (κ1) is 30.7. The maximum atomic E-state index is 12.8. The number of esters is 2. The Hall–Kier alpha value is -1.32. The summed E-state index contributed by atoms with van der Waals surface area (Å²) in [5.74, 6) is -0.647. The fourth-order valence-corrected chi connectivity index (χ4v) is 3.85. The van der Waals surface area contributed by atoms with E-state index in [9.17, 15) is 9.59 Å². The summed E-state index contributed by atoms with van der Waals surface area (Å²) in [5, 5.41) is 0. The number of hydrogen-bond donors (Lipinski definition) is 0. The normalized spacial score (nSPS) is 11.9. The van der Waals surface area contributed by atoms with Gasteiger partial charge in [0.15, 0.2) is 0 Å². The third-order valence-electron chi connectivity index (χ3n) is 5.95. The molecule has 0 radical (unpaired) electrons. The summed E-state index contributed by atoms with van der Waals surface area (Å²) in [5.41, 5.74) is 1.06. The van der Waals surface area contributed by atoms with Gasteiger partial charge in [0.05, 0.1) is 13.2 Å². The smallest absolute Gasteiger partial charge is 0.334 e. The average Bonchev–Trinajstić information content (AvgIpc) is 2.79. The van der Waals surface area contributed by atoms with E-state index in [1.165, 1.54) is 51.4 Å². The maximum Gasteiger partial charge on any atom is 0.334 e. The van der Waals surface area contributed by atoms with Crippen molar-refractivity contribution in [1.29, 1.82) is 0 Å². The van der Waals surface area contributed by atoms with E-state index in [-0.39, 0.29) is 11.9 Å². The summed E-state index contributed by atoms with van der Waals surface area (Å²) in [4.78, 5) is 25.6. The Morgan fingerprint density at radius 3 is 1.28 bits per heavy atom. The summed E-state index contributed by atoms with van der Waals surface area (Å²) in [6, 6.07) is 0. The molecule has 0 amide bonds. The van der Waals surface area contributed by atoms with Crippen LogP contribution in [0, 0.1) is 0 Å². The lowest BCUT2D eigenvalue weighted by atomic mass is 9.99. The lowest BCUT2D eigenvalue weighted by Gasteiger charge is -2.14. The van der Waals surface area contributed by atoms with Crippen LogP contribution in [-0.2, 0) is 19.1 Å². The minimum absolute atomic E-state index is 0.316. The van der Waals surface area contributed by atoms with E-state index < -0.39 is 0 Å². The van der Waals surface area contributed by atoms with Gasteiger partial charge in [0.1, 0.15) is 0 Å². The second-order valence-corrected chi connectivity index (χ2v) is 8.93. The van der Waals surface area contributed by atoms with Crippen molar-refractivity contribution in [3.05, 3.63) is 11.1 Å². The molecule has 188 valence electrons. The van der Waals surface area contributed by atoms with Crippen molar-refractivity contribution in [3.8, 4) is 0 Å². The number of hydrogen-bond acceptors (Lipinski definition) is 4. The van der Waals surface area contributed by atoms with Crippen LogP contribution in [0.3, 0.4) is 0 Å². The van der Waals surface area contributed by atoms with Crippen LogP contribution >= 0.6 is 0 Å². The van der Waals surface area contributed by atoms with Crippen molar-refractivity contribution in [2.45, 2.75) is 143 Å². The predicted molar refractivity (Wildman–Crippen MR) is 135 cm³/mol. The number of ether oxygens (including phenoxy) is 2. The zero-order chi connectivity index (χ0) is 23.9. The first-order valence-corrected chi connectivity index (χ1v) is 13.7. The minimum atomic E-state index is -0.330. The van der Waals surface area contributed by atoms with Crippen molar-refractivity contribution in [3.63, 3.8) is 0 Å². The molecule has 0 bridgehead atoms. The maximum absolute atomic E-state index is 12.8. The van der Waals surface area contributed by atoms with Gasteiger partial charge in [-0.15, -0.1) is 0 Å². The Kier molecular flexibility index (Phi) is 21.9. The van der Waals surface area contributed by atoms with Gasteiger partial charge in [0, 0.05) is 11.1 Å². The van der Waals surface area contributed by atoms with Crippen molar-refractivity contribution >= 4 is 11.9 Å². The summed E-state index contributed by atoms with van der Waals surface area (Å²) in [6.45, 7) is 9.38. The van der Waals surface area contributed by atoms with E-state index in [2.05, 4.69) is 20.8 Å². The standard InChI is InChI=1S/C28H52O4/c1-5-9-12-15-17-20-23-31-27(29)25(8-4)26(22-19-14-11-7-3)28(30)32-24-21-18-16-13-10-6-2/h5-24H2,1-4H3. The van der Waals surface area contributed by atoms with E-state index in [1.54, 1.807) is 0 Å². The van der Waals surface area contributed by atoms with Crippen molar-refractivity contribution in [2.24, 2.45) is 0 Å². The van der Waals surface area contributed by atoms with Crippen LogP contribution in [0.4, 0.5) is 0 Å². The first-order chi connectivity index (χ1) is 15.6. The van der Waals surface area contributed by atoms with Crippen LogP contribution in [0.15, 0.2) is 11.1 Å². The van der Waals surface area contributed by atoms with Gasteiger partial charge in [0.2, 0.25) is 0 Å². The Labute approximate surface area is 198 Å². The van der Waals surface area contributed by atoms with Gasteiger partial charge in [-0.05, 0) is 32.1 Å². The van der Waals surface area contributed by atoms with E-state index in [0.717, 1.165) is 51.4 Å². The number of rotatable bonds is 22. The zero-order valence-electron chi connectivity index (χ0n) is 21.8. The quantitative estimate of drug-likeness (QED) is 0.0938. The van der Waals surface area contributed by atoms with Crippen LogP contribution < -0.4 is 0 Å². The molecule has 0 atom stereocenters. The highest BCUT2D eigenvalue weighted by atomic mass is 16.5. The highest BCUT2D eigenvalue weighted by molar-refractivity contribution is 6.00. The SMILES string of the molecule is CCCCCCCCOC(=O)C(CC)=C(CCCCCC)C(=O)OCCCCCCCC. The average molecular weight is 453 g/mol. The molecule has 0 aromatic rings. The number of carbonyl (C=O) groups excluding carboxylic acids is 2. The second-order valence-electron chi connectivity index (χ2n) is 8.93. The summed E-state index contributed by atoms with van der Waals surface area (Å²) < 4.78 is 11.1. The lowest BCUT2D eigenvalue weighted by Crippen LogP contribution is -2.17. The third-order valence-corrected chi connectivity index (χ3v) is 5.95. The van der Waals surface area contributed by atoms with E-state index >= 15 is 0 Å². The summed E-state index contributed by atoms with van der Waals surface area (Å²) in [6.07, 6.45) is 19.2. The van der Waals surface area contributed by atoms with Crippen LogP contribution in [-0.4, -0.2) is 25.2 Å². The van der Waals surface area contributed by atoms with Gasteiger partial charge in [-0.2, -0.15) is 0 Å².